The molecule has 0 unspecified atom stereocenters. The Kier molecular flexibility index (Phi) is 6.44. The molecule has 0 aromatic heterocycles. The van der Waals surface area contributed by atoms with Crippen molar-refractivity contribution in [1.29, 1.82) is 0 Å². The van der Waals surface area contributed by atoms with Crippen LogP contribution in [0.1, 0.15) is 18.1 Å². The zero-order valence-electron chi connectivity index (χ0n) is 14.8. The lowest BCUT2D eigenvalue weighted by atomic mass is 10.2. The summed E-state index contributed by atoms with van der Waals surface area (Å²) < 4.78 is 43.5. The van der Waals surface area contributed by atoms with Crippen LogP contribution in [0.3, 0.4) is 0 Å². The molecule has 0 fully saturated rings. The van der Waals surface area contributed by atoms with Crippen LogP contribution in [0.4, 0.5) is 18.9 Å². The average Bonchev–Trinajstić information content (AvgIpc) is 2.61. The van der Waals surface area contributed by atoms with Gasteiger partial charge < -0.3 is 15.0 Å². The summed E-state index contributed by atoms with van der Waals surface area (Å²) in [7, 11) is 1.50. The molecule has 1 N–H and O–H groups in total. The second-order valence-electron chi connectivity index (χ2n) is 5.81. The van der Waals surface area contributed by atoms with E-state index < -0.39 is 17.6 Å². The number of hydrogen-bond acceptors (Lipinski definition) is 3. The molecule has 0 bridgehead atoms. The monoisotopic (exact) mass is 380 g/mol. The number of ether oxygens (including phenoxy) is 1. The maximum atomic E-state index is 12.8. The summed E-state index contributed by atoms with van der Waals surface area (Å²) >= 11 is 0. The van der Waals surface area contributed by atoms with Gasteiger partial charge in [-0.25, -0.2) is 0 Å². The first kappa shape index (κ1) is 20.3. The van der Waals surface area contributed by atoms with E-state index in [2.05, 4.69) is 5.32 Å². The van der Waals surface area contributed by atoms with Gasteiger partial charge in [0, 0.05) is 24.7 Å². The maximum absolute atomic E-state index is 12.8. The number of anilines is 1. The molecule has 0 saturated carbocycles. The van der Waals surface area contributed by atoms with Gasteiger partial charge in [-0.1, -0.05) is 24.3 Å². The van der Waals surface area contributed by atoms with Gasteiger partial charge in [-0.05, 0) is 24.3 Å². The Bertz CT molecular complexity index is 822. The van der Waals surface area contributed by atoms with Crippen LogP contribution in [0.25, 0.3) is 0 Å². The molecule has 2 rings (SSSR count). The summed E-state index contributed by atoms with van der Waals surface area (Å²) in [4.78, 5) is 25.4. The van der Waals surface area contributed by atoms with E-state index in [1.165, 1.54) is 31.1 Å². The zero-order chi connectivity index (χ0) is 20.0. The number of rotatable bonds is 6. The molecular weight excluding hydrogens is 361 g/mol. The second-order valence-corrected chi connectivity index (χ2v) is 5.81. The molecule has 0 spiro atoms. The van der Waals surface area contributed by atoms with E-state index in [4.69, 9.17) is 4.74 Å². The highest BCUT2D eigenvalue weighted by Crippen LogP contribution is 2.30. The fourth-order valence-corrected chi connectivity index (χ4v) is 2.46. The fraction of sp³-hybridized carbons (Fsp3) is 0.263. The van der Waals surface area contributed by atoms with Gasteiger partial charge in [-0.3, -0.25) is 9.59 Å². The molecule has 5 nitrogen and oxygen atoms in total. The van der Waals surface area contributed by atoms with Gasteiger partial charge in [0.15, 0.2) is 0 Å². The van der Waals surface area contributed by atoms with Gasteiger partial charge in [0.1, 0.15) is 12.3 Å². The summed E-state index contributed by atoms with van der Waals surface area (Å²) in [6.07, 6.45) is -4.50. The van der Waals surface area contributed by atoms with Crippen molar-refractivity contribution in [2.45, 2.75) is 19.6 Å². The molecule has 0 saturated heterocycles. The maximum Gasteiger partial charge on any atom is 0.416 e. The molecule has 0 heterocycles. The first-order chi connectivity index (χ1) is 12.7. The molecule has 0 radical (unpaired) electrons. The van der Waals surface area contributed by atoms with Gasteiger partial charge in [0.25, 0.3) is 0 Å². The number of halogens is 3. The van der Waals surface area contributed by atoms with E-state index in [-0.39, 0.29) is 24.7 Å². The first-order valence-corrected chi connectivity index (χ1v) is 8.05. The van der Waals surface area contributed by atoms with E-state index in [1.54, 1.807) is 24.3 Å². The highest BCUT2D eigenvalue weighted by atomic mass is 19.4. The number of benzene rings is 2. The predicted octanol–water partition coefficient (Wildman–Crippen LogP) is 3.70. The molecule has 0 aliphatic carbocycles. The minimum absolute atomic E-state index is 0.00983. The van der Waals surface area contributed by atoms with Gasteiger partial charge in [-0.15, -0.1) is 0 Å². The van der Waals surface area contributed by atoms with Crippen LogP contribution in [-0.4, -0.2) is 30.4 Å². The topological polar surface area (TPSA) is 58.6 Å². The number of alkyl halides is 3. The third kappa shape index (κ3) is 5.73. The largest absolute Gasteiger partial charge is 0.496 e. The average molecular weight is 380 g/mol. The molecule has 144 valence electrons. The molecular formula is C19H19F3N2O3. The minimum atomic E-state index is -4.50. The van der Waals surface area contributed by atoms with E-state index >= 15 is 0 Å². The Labute approximate surface area is 154 Å². The number of hydrogen-bond donors (Lipinski definition) is 1. The first-order valence-electron chi connectivity index (χ1n) is 8.05. The van der Waals surface area contributed by atoms with E-state index in [0.29, 0.717) is 11.3 Å². The van der Waals surface area contributed by atoms with E-state index in [0.717, 1.165) is 12.1 Å². The van der Waals surface area contributed by atoms with Gasteiger partial charge >= 0.3 is 6.18 Å². The fourth-order valence-electron chi connectivity index (χ4n) is 2.46. The molecule has 0 aliphatic heterocycles. The predicted molar refractivity (Wildman–Crippen MR) is 94.2 cm³/mol. The number of carbonyl (C=O) groups is 2. The Morgan fingerprint density at radius 1 is 1.11 bits per heavy atom. The van der Waals surface area contributed by atoms with Gasteiger partial charge in [0.2, 0.25) is 11.8 Å². The molecule has 0 aliphatic rings. The Morgan fingerprint density at radius 3 is 2.44 bits per heavy atom. The van der Waals surface area contributed by atoms with Crippen molar-refractivity contribution in [1.82, 2.24) is 4.90 Å². The summed E-state index contributed by atoms with van der Waals surface area (Å²) in [5.74, 6) is -0.374. The van der Waals surface area contributed by atoms with Gasteiger partial charge in [-0.2, -0.15) is 13.2 Å². The third-order valence-electron chi connectivity index (χ3n) is 3.81. The molecule has 2 aromatic carbocycles. The van der Waals surface area contributed by atoms with Crippen LogP contribution in [0, 0.1) is 0 Å². The Morgan fingerprint density at radius 2 is 1.81 bits per heavy atom. The minimum Gasteiger partial charge on any atom is -0.496 e. The van der Waals surface area contributed by atoms with E-state index in [9.17, 15) is 22.8 Å². The lowest BCUT2D eigenvalue weighted by Crippen LogP contribution is -2.36. The molecule has 8 heteroatoms. The summed E-state index contributed by atoms with van der Waals surface area (Å²) in [5, 5.41) is 2.39. The highest BCUT2D eigenvalue weighted by Gasteiger charge is 2.30. The van der Waals surface area contributed by atoms with Crippen molar-refractivity contribution in [3.05, 3.63) is 59.7 Å². The second kappa shape index (κ2) is 8.57. The summed E-state index contributed by atoms with van der Waals surface area (Å²) in [6.45, 7) is 1.14. The lowest BCUT2D eigenvalue weighted by molar-refractivity contribution is -0.137. The third-order valence-corrected chi connectivity index (χ3v) is 3.81. The van der Waals surface area contributed by atoms with Crippen molar-refractivity contribution < 1.29 is 27.5 Å². The summed E-state index contributed by atoms with van der Waals surface area (Å²) in [6, 6.07) is 11.4. The number of nitrogens with zero attached hydrogens (tertiary/aromatic N) is 1. The Balaban J connectivity index is 2.08. The van der Waals surface area contributed by atoms with Crippen LogP contribution in [-0.2, 0) is 22.3 Å². The van der Waals surface area contributed by atoms with Crippen molar-refractivity contribution >= 4 is 17.5 Å². The quantitative estimate of drug-likeness (QED) is 0.831. The number of nitrogens with one attached hydrogen (secondary N) is 1. The number of carbonyl (C=O) groups excluding carboxylic acids is 2. The van der Waals surface area contributed by atoms with Crippen molar-refractivity contribution in [2.75, 3.05) is 19.0 Å². The molecule has 0 atom stereocenters. The lowest BCUT2D eigenvalue weighted by Gasteiger charge is -2.22. The van der Waals surface area contributed by atoms with Gasteiger partial charge in [0.05, 0.1) is 12.7 Å². The van der Waals surface area contributed by atoms with E-state index in [1.807, 2.05) is 0 Å². The normalized spacial score (nSPS) is 11.0. The Hall–Kier alpha value is -3.03. The molecule has 2 amide bonds. The van der Waals surface area contributed by atoms with Crippen molar-refractivity contribution in [2.24, 2.45) is 0 Å². The number of methoxy groups -OCH3 is 1. The smallest absolute Gasteiger partial charge is 0.416 e. The van der Waals surface area contributed by atoms with Crippen LogP contribution in [0.2, 0.25) is 0 Å². The number of para-hydroxylation sites is 1. The van der Waals surface area contributed by atoms with Crippen LogP contribution in [0.5, 0.6) is 5.75 Å². The standard InChI is InChI=1S/C19H19F3N2O3/c1-13(25)24(11-14-6-3-4-9-17(14)27-2)12-18(26)23-16-8-5-7-15(10-16)19(20,21)22/h3-10H,11-12H2,1-2H3,(H,23,26). The highest BCUT2D eigenvalue weighted by molar-refractivity contribution is 5.94. The van der Waals surface area contributed by atoms with Crippen LogP contribution in [0.15, 0.2) is 48.5 Å². The molecule has 27 heavy (non-hydrogen) atoms. The van der Waals surface area contributed by atoms with Crippen molar-refractivity contribution in [3.8, 4) is 5.75 Å². The zero-order valence-corrected chi connectivity index (χ0v) is 14.8. The van der Waals surface area contributed by atoms with Crippen LogP contribution < -0.4 is 10.1 Å². The molecule has 2 aromatic rings. The SMILES string of the molecule is COc1ccccc1CN(CC(=O)Nc1cccc(C(F)(F)F)c1)C(C)=O. The van der Waals surface area contributed by atoms with Crippen molar-refractivity contribution in [3.63, 3.8) is 0 Å². The number of amides is 2. The summed E-state index contributed by atoms with van der Waals surface area (Å²) in [5.41, 5.74) is -0.143. The van der Waals surface area contributed by atoms with Crippen LogP contribution >= 0.6 is 0 Å².